The van der Waals surface area contributed by atoms with E-state index < -0.39 is 0 Å². The van der Waals surface area contributed by atoms with Crippen molar-refractivity contribution in [1.82, 2.24) is 4.98 Å². The Hall–Kier alpha value is -2.65. The van der Waals surface area contributed by atoms with Crippen LogP contribution < -0.4 is 11.1 Å². The number of rotatable bonds is 5. The molecule has 0 radical (unpaired) electrons. The second kappa shape index (κ2) is 6.87. The van der Waals surface area contributed by atoms with E-state index in [1.807, 2.05) is 66.9 Å². The molecular formula is C19H19N3. The van der Waals surface area contributed by atoms with Crippen LogP contribution in [0.5, 0.6) is 0 Å². The van der Waals surface area contributed by atoms with Gasteiger partial charge in [0.15, 0.2) is 0 Å². The molecule has 22 heavy (non-hydrogen) atoms. The summed E-state index contributed by atoms with van der Waals surface area (Å²) in [5, 5.41) is 3.31. The van der Waals surface area contributed by atoms with E-state index in [2.05, 4.69) is 22.4 Å². The van der Waals surface area contributed by atoms with Crippen LogP contribution in [0.4, 0.5) is 5.82 Å². The second-order valence-corrected chi connectivity index (χ2v) is 5.20. The van der Waals surface area contributed by atoms with Crippen molar-refractivity contribution < 1.29 is 0 Å². The summed E-state index contributed by atoms with van der Waals surface area (Å²) in [5.41, 5.74) is 9.60. The second-order valence-electron chi connectivity index (χ2n) is 5.20. The third-order valence-electron chi connectivity index (χ3n) is 3.62. The monoisotopic (exact) mass is 289 g/mol. The summed E-state index contributed by atoms with van der Waals surface area (Å²) in [7, 11) is 0. The molecule has 1 heterocycles. The number of anilines is 1. The molecule has 1 aromatic heterocycles. The standard InChI is InChI=1S/C19H19N3/c20-19(16-9-5-2-6-10-16)17-11-12-18(22-14-17)21-13-15-7-3-1-4-8-15/h1-12,14,19H,13,20H2,(H,21,22)/t19-/m0/s1. The highest BCUT2D eigenvalue weighted by Crippen LogP contribution is 2.19. The molecular weight excluding hydrogens is 270 g/mol. The van der Waals surface area contributed by atoms with E-state index in [0.717, 1.165) is 23.5 Å². The molecule has 1 atom stereocenters. The lowest BCUT2D eigenvalue weighted by Crippen LogP contribution is -2.12. The van der Waals surface area contributed by atoms with Crippen molar-refractivity contribution in [2.75, 3.05) is 5.32 Å². The van der Waals surface area contributed by atoms with Crippen LogP contribution in [0.25, 0.3) is 0 Å². The first-order valence-electron chi connectivity index (χ1n) is 7.37. The minimum Gasteiger partial charge on any atom is -0.366 e. The van der Waals surface area contributed by atoms with Gasteiger partial charge >= 0.3 is 0 Å². The minimum absolute atomic E-state index is 0.142. The summed E-state index contributed by atoms with van der Waals surface area (Å²) in [6.45, 7) is 0.762. The Labute approximate surface area is 130 Å². The Morgan fingerprint density at radius 3 is 2.14 bits per heavy atom. The van der Waals surface area contributed by atoms with Crippen molar-refractivity contribution in [3.8, 4) is 0 Å². The summed E-state index contributed by atoms with van der Waals surface area (Å²) in [5.74, 6) is 0.855. The highest BCUT2D eigenvalue weighted by atomic mass is 15.0. The molecule has 110 valence electrons. The Morgan fingerprint density at radius 1 is 0.818 bits per heavy atom. The van der Waals surface area contributed by atoms with Gasteiger partial charge in [0.2, 0.25) is 0 Å². The largest absolute Gasteiger partial charge is 0.366 e. The Morgan fingerprint density at radius 2 is 1.50 bits per heavy atom. The maximum atomic E-state index is 6.27. The molecule has 0 amide bonds. The van der Waals surface area contributed by atoms with Crippen molar-refractivity contribution in [3.05, 3.63) is 95.7 Å². The van der Waals surface area contributed by atoms with Crippen LogP contribution in [0.1, 0.15) is 22.7 Å². The van der Waals surface area contributed by atoms with Gasteiger partial charge in [0.05, 0.1) is 6.04 Å². The highest BCUT2D eigenvalue weighted by molar-refractivity contribution is 5.39. The van der Waals surface area contributed by atoms with Crippen LogP contribution in [-0.4, -0.2) is 4.98 Å². The molecule has 3 N–H and O–H groups in total. The van der Waals surface area contributed by atoms with Gasteiger partial charge in [-0.2, -0.15) is 0 Å². The van der Waals surface area contributed by atoms with Crippen molar-refractivity contribution in [2.45, 2.75) is 12.6 Å². The molecule has 0 fully saturated rings. The quantitative estimate of drug-likeness (QED) is 0.752. The van der Waals surface area contributed by atoms with Gasteiger partial charge < -0.3 is 11.1 Å². The van der Waals surface area contributed by atoms with Crippen molar-refractivity contribution in [2.24, 2.45) is 5.73 Å². The molecule has 0 saturated carbocycles. The molecule has 0 bridgehead atoms. The summed E-state index contributed by atoms with van der Waals surface area (Å²) >= 11 is 0. The van der Waals surface area contributed by atoms with Gasteiger partial charge in [-0.1, -0.05) is 66.7 Å². The first-order valence-corrected chi connectivity index (χ1v) is 7.37. The molecule has 3 rings (SSSR count). The van der Waals surface area contributed by atoms with Crippen LogP contribution in [0.15, 0.2) is 79.0 Å². The van der Waals surface area contributed by atoms with Crippen LogP contribution in [-0.2, 0) is 6.54 Å². The maximum Gasteiger partial charge on any atom is 0.126 e. The average Bonchev–Trinajstić information content (AvgIpc) is 2.61. The fourth-order valence-corrected chi connectivity index (χ4v) is 2.34. The number of hydrogen-bond acceptors (Lipinski definition) is 3. The topological polar surface area (TPSA) is 50.9 Å². The molecule has 3 nitrogen and oxygen atoms in total. The predicted octanol–water partition coefficient (Wildman–Crippen LogP) is 3.74. The molecule has 0 aliphatic heterocycles. The van der Waals surface area contributed by atoms with E-state index in [1.54, 1.807) is 0 Å². The fourth-order valence-electron chi connectivity index (χ4n) is 2.34. The molecule has 0 unspecified atom stereocenters. The van der Waals surface area contributed by atoms with Gasteiger partial charge in [-0.05, 0) is 22.8 Å². The highest BCUT2D eigenvalue weighted by Gasteiger charge is 2.08. The lowest BCUT2D eigenvalue weighted by atomic mass is 10.0. The van der Waals surface area contributed by atoms with Crippen LogP contribution in [0.3, 0.4) is 0 Å². The lowest BCUT2D eigenvalue weighted by Gasteiger charge is -2.13. The molecule has 0 aliphatic rings. The zero-order valence-electron chi connectivity index (χ0n) is 12.3. The van der Waals surface area contributed by atoms with Crippen molar-refractivity contribution in [3.63, 3.8) is 0 Å². The van der Waals surface area contributed by atoms with E-state index in [4.69, 9.17) is 5.73 Å². The zero-order chi connectivity index (χ0) is 15.2. The smallest absolute Gasteiger partial charge is 0.126 e. The van der Waals surface area contributed by atoms with Gasteiger partial charge in [0.25, 0.3) is 0 Å². The molecule has 3 heteroatoms. The molecule has 0 spiro atoms. The maximum absolute atomic E-state index is 6.27. The van der Waals surface area contributed by atoms with Gasteiger partial charge in [0, 0.05) is 12.7 Å². The number of benzene rings is 2. The Balaban J connectivity index is 1.65. The van der Waals surface area contributed by atoms with Gasteiger partial charge in [-0.15, -0.1) is 0 Å². The van der Waals surface area contributed by atoms with E-state index in [9.17, 15) is 0 Å². The third-order valence-corrected chi connectivity index (χ3v) is 3.62. The molecule has 0 aliphatic carbocycles. The first-order chi connectivity index (χ1) is 10.8. The van der Waals surface area contributed by atoms with Gasteiger partial charge in [-0.25, -0.2) is 4.98 Å². The molecule has 0 saturated heterocycles. The number of hydrogen-bond donors (Lipinski definition) is 2. The number of pyridine rings is 1. The van der Waals surface area contributed by atoms with E-state index >= 15 is 0 Å². The summed E-state index contributed by atoms with van der Waals surface area (Å²) in [4.78, 5) is 4.45. The van der Waals surface area contributed by atoms with Gasteiger partial charge in [0.1, 0.15) is 5.82 Å². The summed E-state index contributed by atoms with van der Waals surface area (Å²) < 4.78 is 0. The summed E-state index contributed by atoms with van der Waals surface area (Å²) in [6, 6.07) is 24.2. The number of aromatic nitrogens is 1. The predicted molar refractivity (Wildman–Crippen MR) is 90.5 cm³/mol. The van der Waals surface area contributed by atoms with E-state index in [0.29, 0.717) is 0 Å². The summed E-state index contributed by atoms with van der Waals surface area (Å²) in [6.07, 6.45) is 1.84. The number of nitrogens with zero attached hydrogens (tertiary/aromatic N) is 1. The van der Waals surface area contributed by atoms with Crippen LogP contribution >= 0.6 is 0 Å². The minimum atomic E-state index is -0.142. The Bertz CT molecular complexity index is 694. The number of nitrogens with one attached hydrogen (secondary N) is 1. The Kier molecular flexibility index (Phi) is 4.47. The van der Waals surface area contributed by atoms with Crippen molar-refractivity contribution in [1.29, 1.82) is 0 Å². The van der Waals surface area contributed by atoms with Crippen molar-refractivity contribution >= 4 is 5.82 Å². The van der Waals surface area contributed by atoms with E-state index in [-0.39, 0.29) is 6.04 Å². The zero-order valence-corrected chi connectivity index (χ0v) is 12.3. The van der Waals surface area contributed by atoms with E-state index in [1.165, 1.54) is 5.56 Å². The first kappa shape index (κ1) is 14.3. The molecule has 2 aromatic carbocycles. The number of nitrogens with two attached hydrogens (primary N) is 1. The normalized spacial score (nSPS) is 11.9. The SMILES string of the molecule is N[C@@H](c1ccccc1)c1ccc(NCc2ccccc2)nc1. The van der Waals surface area contributed by atoms with Crippen LogP contribution in [0.2, 0.25) is 0 Å². The lowest BCUT2D eigenvalue weighted by molar-refractivity contribution is 0.863. The van der Waals surface area contributed by atoms with Gasteiger partial charge in [-0.3, -0.25) is 0 Å². The van der Waals surface area contributed by atoms with Crippen LogP contribution in [0, 0.1) is 0 Å². The molecule has 3 aromatic rings. The average molecular weight is 289 g/mol. The fraction of sp³-hybridized carbons (Fsp3) is 0.105. The third kappa shape index (κ3) is 3.51.